The minimum absolute atomic E-state index is 0.0876. The van der Waals surface area contributed by atoms with Crippen molar-refractivity contribution in [2.45, 2.75) is 71.4 Å². The Morgan fingerprint density at radius 2 is 1.88 bits per heavy atom. The molecule has 0 saturated heterocycles. The molecule has 0 radical (unpaired) electrons. The van der Waals surface area contributed by atoms with Gasteiger partial charge in [0.25, 0.3) is 0 Å². The van der Waals surface area contributed by atoms with Crippen molar-refractivity contribution in [2.75, 3.05) is 16.8 Å². The van der Waals surface area contributed by atoms with Gasteiger partial charge in [-0.15, -0.1) is 0 Å². The van der Waals surface area contributed by atoms with E-state index >= 15 is 0 Å². The van der Waals surface area contributed by atoms with Crippen LogP contribution in [0.4, 0.5) is 16.3 Å². The highest BCUT2D eigenvalue weighted by atomic mass is 16.6. The molecule has 0 atom stereocenters. The van der Waals surface area contributed by atoms with Crippen LogP contribution in [-0.4, -0.2) is 33.9 Å². The quantitative estimate of drug-likeness (QED) is 0.887. The lowest BCUT2D eigenvalue weighted by molar-refractivity contribution is -0.123. The number of carbonyl (C=O) groups excluding carboxylic acids is 2. The first kappa shape index (κ1) is 17.8. The number of rotatable bonds is 2. The maximum absolute atomic E-state index is 13.0. The summed E-state index contributed by atoms with van der Waals surface area (Å²) in [7, 11) is 0. The molecule has 3 rings (SSSR count). The van der Waals surface area contributed by atoms with Crippen LogP contribution < -0.4 is 10.2 Å². The highest BCUT2D eigenvalue weighted by molar-refractivity contribution is 5.99. The first-order valence-electron chi connectivity index (χ1n) is 9.22. The standard InChI is InChI=1S/C18H28N4O3/c1-18(2,3)25-17(24)20-14-12-19-22-11-7-10-21(15(14)22)16(23)13-8-5-4-6-9-13/h12-13H,4-11H2,1-3H3,(H,20,24). The van der Waals surface area contributed by atoms with E-state index in [1.807, 2.05) is 20.8 Å². The van der Waals surface area contributed by atoms with Crippen molar-refractivity contribution in [3.63, 3.8) is 0 Å². The summed E-state index contributed by atoms with van der Waals surface area (Å²) < 4.78 is 7.13. The second-order valence-corrected chi connectivity index (χ2v) is 7.91. The van der Waals surface area contributed by atoms with E-state index in [0.717, 1.165) is 38.6 Å². The number of fused-ring (bicyclic) bond motifs is 1. The zero-order valence-electron chi connectivity index (χ0n) is 15.4. The van der Waals surface area contributed by atoms with E-state index in [0.29, 0.717) is 18.1 Å². The molecule has 7 nitrogen and oxygen atoms in total. The number of hydrogen-bond acceptors (Lipinski definition) is 4. The first-order chi connectivity index (χ1) is 11.8. The average molecular weight is 348 g/mol. The second-order valence-electron chi connectivity index (χ2n) is 7.91. The zero-order chi connectivity index (χ0) is 18.0. The highest BCUT2D eigenvalue weighted by Gasteiger charge is 2.33. The summed E-state index contributed by atoms with van der Waals surface area (Å²) in [5.41, 5.74) is -0.0346. The van der Waals surface area contributed by atoms with Gasteiger partial charge in [-0.3, -0.25) is 15.0 Å². The van der Waals surface area contributed by atoms with Gasteiger partial charge < -0.3 is 4.74 Å². The number of nitrogens with zero attached hydrogens (tertiary/aromatic N) is 3. The molecule has 0 bridgehead atoms. The van der Waals surface area contributed by atoms with Gasteiger partial charge in [0.1, 0.15) is 11.3 Å². The predicted molar refractivity (Wildman–Crippen MR) is 95.6 cm³/mol. The number of nitrogens with one attached hydrogen (secondary N) is 1. The Hall–Kier alpha value is -2.05. The Labute approximate surface area is 148 Å². The maximum atomic E-state index is 13.0. The number of hydrogen-bond donors (Lipinski definition) is 1. The molecule has 0 aromatic carbocycles. The zero-order valence-corrected chi connectivity index (χ0v) is 15.4. The summed E-state index contributed by atoms with van der Waals surface area (Å²) in [5, 5.41) is 7.09. The molecular formula is C18H28N4O3. The summed E-state index contributed by atoms with van der Waals surface area (Å²) >= 11 is 0. The maximum Gasteiger partial charge on any atom is 0.412 e. The second kappa shape index (κ2) is 7.06. The van der Waals surface area contributed by atoms with Crippen LogP contribution in [0.3, 0.4) is 0 Å². The van der Waals surface area contributed by atoms with Crippen molar-refractivity contribution in [3.8, 4) is 0 Å². The first-order valence-corrected chi connectivity index (χ1v) is 9.22. The molecule has 1 N–H and O–H groups in total. The molecule has 2 aliphatic rings. The molecule has 1 aliphatic heterocycles. The summed E-state index contributed by atoms with van der Waals surface area (Å²) in [4.78, 5) is 26.9. The Bertz CT molecular complexity index is 641. The van der Waals surface area contributed by atoms with Crippen LogP contribution in [0.2, 0.25) is 0 Å². The number of aromatic nitrogens is 2. The number of anilines is 2. The van der Waals surface area contributed by atoms with Gasteiger partial charge in [-0.05, 0) is 40.0 Å². The monoisotopic (exact) mass is 348 g/mol. The molecule has 1 aromatic rings. The Balaban J connectivity index is 1.79. The van der Waals surface area contributed by atoms with Crippen LogP contribution in [0.25, 0.3) is 0 Å². The molecule has 7 heteroatoms. The third-order valence-corrected chi connectivity index (χ3v) is 4.67. The molecule has 1 aromatic heterocycles. The highest BCUT2D eigenvalue weighted by Crippen LogP contribution is 2.33. The van der Waals surface area contributed by atoms with Crippen LogP contribution in [0, 0.1) is 5.92 Å². The van der Waals surface area contributed by atoms with Gasteiger partial charge in [0.2, 0.25) is 5.91 Å². The smallest absolute Gasteiger partial charge is 0.412 e. The fraction of sp³-hybridized carbons (Fsp3) is 0.722. The predicted octanol–water partition coefficient (Wildman–Crippen LogP) is 3.55. The van der Waals surface area contributed by atoms with Crippen molar-refractivity contribution in [1.29, 1.82) is 0 Å². The average Bonchev–Trinajstić information content (AvgIpc) is 2.96. The van der Waals surface area contributed by atoms with Gasteiger partial charge >= 0.3 is 6.09 Å². The van der Waals surface area contributed by atoms with E-state index in [1.165, 1.54) is 6.42 Å². The van der Waals surface area contributed by atoms with Crippen molar-refractivity contribution in [1.82, 2.24) is 9.78 Å². The van der Waals surface area contributed by atoms with E-state index in [-0.39, 0.29) is 11.8 Å². The summed E-state index contributed by atoms with van der Waals surface area (Å²) in [6, 6.07) is 0. The minimum atomic E-state index is -0.574. The number of ether oxygens (including phenoxy) is 1. The van der Waals surface area contributed by atoms with Gasteiger partial charge in [0, 0.05) is 19.0 Å². The van der Waals surface area contributed by atoms with Crippen LogP contribution in [-0.2, 0) is 16.1 Å². The third kappa shape index (κ3) is 4.14. The van der Waals surface area contributed by atoms with Crippen molar-refractivity contribution in [2.24, 2.45) is 5.92 Å². The van der Waals surface area contributed by atoms with Crippen LogP contribution in [0.1, 0.15) is 59.3 Å². The van der Waals surface area contributed by atoms with E-state index in [1.54, 1.807) is 15.8 Å². The van der Waals surface area contributed by atoms with Gasteiger partial charge in [-0.25, -0.2) is 9.48 Å². The van der Waals surface area contributed by atoms with E-state index < -0.39 is 11.7 Å². The Morgan fingerprint density at radius 1 is 1.16 bits per heavy atom. The topological polar surface area (TPSA) is 76.5 Å². The lowest BCUT2D eigenvalue weighted by Gasteiger charge is -2.33. The van der Waals surface area contributed by atoms with Crippen molar-refractivity contribution >= 4 is 23.5 Å². The SMILES string of the molecule is CC(C)(C)OC(=O)Nc1cnn2c1N(C(=O)C1CCCCC1)CCC2. The lowest BCUT2D eigenvalue weighted by Crippen LogP contribution is -2.42. The molecule has 25 heavy (non-hydrogen) atoms. The van der Waals surface area contributed by atoms with E-state index in [9.17, 15) is 9.59 Å². The number of amides is 2. The summed E-state index contributed by atoms with van der Waals surface area (Å²) in [6.45, 7) is 6.88. The molecule has 1 fully saturated rings. The molecule has 2 heterocycles. The molecule has 1 aliphatic carbocycles. The van der Waals surface area contributed by atoms with Crippen LogP contribution in [0.15, 0.2) is 6.20 Å². The molecule has 2 amide bonds. The van der Waals surface area contributed by atoms with Gasteiger partial charge in [0.15, 0.2) is 5.82 Å². The minimum Gasteiger partial charge on any atom is -0.444 e. The van der Waals surface area contributed by atoms with Crippen LogP contribution >= 0.6 is 0 Å². The third-order valence-electron chi connectivity index (χ3n) is 4.67. The largest absolute Gasteiger partial charge is 0.444 e. The number of aryl methyl sites for hydroxylation is 1. The van der Waals surface area contributed by atoms with Gasteiger partial charge in [-0.2, -0.15) is 5.10 Å². The summed E-state index contributed by atoms with van der Waals surface area (Å²) in [5.74, 6) is 0.936. The lowest BCUT2D eigenvalue weighted by atomic mass is 9.88. The summed E-state index contributed by atoms with van der Waals surface area (Å²) in [6.07, 6.45) is 7.31. The van der Waals surface area contributed by atoms with Crippen LogP contribution in [0.5, 0.6) is 0 Å². The van der Waals surface area contributed by atoms with Gasteiger partial charge in [-0.1, -0.05) is 19.3 Å². The normalized spacial score (nSPS) is 18.6. The molecule has 1 saturated carbocycles. The molecule has 0 unspecified atom stereocenters. The number of carbonyl (C=O) groups is 2. The van der Waals surface area contributed by atoms with Gasteiger partial charge in [0.05, 0.1) is 6.20 Å². The molecule has 138 valence electrons. The fourth-order valence-electron chi connectivity index (χ4n) is 3.60. The fourth-order valence-corrected chi connectivity index (χ4v) is 3.60. The Kier molecular flexibility index (Phi) is 5.01. The Morgan fingerprint density at radius 3 is 2.56 bits per heavy atom. The van der Waals surface area contributed by atoms with E-state index in [4.69, 9.17) is 4.74 Å². The van der Waals surface area contributed by atoms with Crippen molar-refractivity contribution < 1.29 is 14.3 Å². The van der Waals surface area contributed by atoms with Crippen molar-refractivity contribution in [3.05, 3.63) is 6.20 Å². The molecular weight excluding hydrogens is 320 g/mol. The van der Waals surface area contributed by atoms with E-state index in [2.05, 4.69) is 10.4 Å². The molecule has 0 spiro atoms.